The molecule has 34 heavy (non-hydrogen) atoms. The molecule has 3 aromatic rings. The molecule has 1 aromatic heterocycles. The summed E-state index contributed by atoms with van der Waals surface area (Å²) >= 11 is 0. The van der Waals surface area contributed by atoms with Crippen LogP contribution in [0.3, 0.4) is 0 Å². The van der Waals surface area contributed by atoms with Crippen LogP contribution in [0.4, 0.5) is 0 Å². The standard InChI is InChI=1S/C27H35N3O3S/c1-18(2)23-14-21(26-8-7-13-33-26)15-24(19(3)4)25(23)16-27(31)29-34(28,32)22-11-9-20(10-12-22)17-30(5)6/h7-15,18-19H,16-17H2,1-6H3,(H2,28,29,31,32). The Bertz CT molecular complexity index is 1220. The Labute approximate surface area is 203 Å². The average Bonchev–Trinajstić information content (AvgIpc) is 3.28. The fraction of sp³-hybridized carbons (Fsp3) is 0.370. The van der Waals surface area contributed by atoms with E-state index in [1.165, 1.54) is 0 Å². The van der Waals surface area contributed by atoms with E-state index in [0.29, 0.717) is 4.90 Å². The highest BCUT2D eigenvalue weighted by molar-refractivity contribution is 7.91. The minimum absolute atomic E-state index is 0.0480. The second-order valence-electron chi connectivity index (χ2n) is 9.53. The quantitative estimate of drug-likeness (QED) is 0.445. The van der Waals surface area contributed by atoms with Gasteiger partial charge in [-0.25, -0.2) is 9.35 Å². The number of furan rings is 1. The highest BCUT2D eigenvalue weighted by Gasteiger charge is 2.20. The van der Waals surface area contributed by atoms with Crippen LogP contribution < -0.4 is 5.14 Å². The summed E-state index contributed by atoms with van der Waals surface area (Å²) in [5.74, 6) is 0.664. The lowest BCUT2D eigenvalue weighted by Crippen LogP contribution is -2.17. The molecule has 7 heteroatoms. The van der Waals surface area contributed by atoms with Crippen molar-refractivity contribution in [2.75, 3.05) is 14.1 Å². The van der Waals surface area contributed by atoms with Crippen molar-refractivity contribution in [2.45, 2.75) is 57.4 Å². The molecule has 0 bridgehead atoms. The first-order chi connectivity index (χ1) is 16.0. The Morgan fingerprint density at radius 2 is 1.62 bits per heavy atom. The Morgan fingerprint density at radius 1 is 1.03 bits per heavy atom. The Balaban J connectivity index is 1.97. The van der Waals surface area contributed by atoms with Crippen LogP contribution in [0, 0.1) is 0 Å². The van der Waals surface area contributed by atoms with Crippen LogP contribution in [-0.2, 0) is 27.7 Å². The summed E-state index contributed by atoms with van der Waals surface area (Å²) in [7, 11) is 0.618. The van der Waals surface area contributed by atoms with Crippen molar-refractivity contribution >= 4 is 15.8 Å². The molecular weight excluding hydrogens is 446 g/mol. The van der Waals surface area contributed by atoms with E-state index >= 15 is 0 Å². The first-order valence-electron chi connectivity index (χ1n) is 11.5. The number of amides is 1. The monoisotopic (exact) mass is 481 g/mol. The number of rotatable bonds is 8. The van der Waals surface area contributed by atoms with Crippen molar-refractivity contribution in [1.82, 2.24) is 4.90 Å². The van der Waals surface area contributed by atoms with Gasteiger partial charge in [0.25, 0.3) is 5.91 Å². The van der Waals surface area contributed by atoms with Crippen molar-refractivity contribution in [2.24, 2.45) is 9.50 Å². The number of benzene rings is 2. The lowest BCUT2D eigenvalue weighted by molar-refractivity contribution is -0.117. The maximum atomic E-state index is 13.1. The molecule has 182 valence electrons. The SMILES string of the molecule is CC(C)c1cc(-c2ccco2)cc(C(C)C)c1CC(=O)N=S(N)(=O)c1ccc(CN(C)C)cc1. The lowest BCUT2D eigenvalue weighted by atomic mass is 9.85. The van der Waals surface area contributed by atoms with Gasteiger partial charge in [-0.15, -0.1) is 4.36 Å². The predicted octanol–water partition coefficient (Wildman–Crippen LogP) is 5.72. The third kappa shape index (κ3) is 6.23. The van der Waals surface area contributed by atoms with Gasteiger partial charge in [0, 0.05) is 12.1 Å². The summed E-state index contributed by atoms with van der Waals surface area (Å²) in [6, 6.07) is 15.0. The molecule has 2 aromatic carbocycles. The van der Waals surface area contributed by atoms with Gasteiger partial charge in [0.2, 0.25) is 0 Å². The minimum atomic E-state index is -3.34. The summed E-state index contributed by atoms with van der Waals surface area (Å²) in [5.41, 5.74) is 5.07. The predicted molar refractivity (Wildman–Crippen MR) is 138 cm³/mol. The van der Waals surface area contributed by atoms with E-state index < -0.39 is 15.8 Å². The van der Waals surface area contributed by atoms with E-state index in [4.69, 9.17) is 9.56 Å². The fourth-order valence-electron chi connectivity index (χ4n) is 4.08. The number of nitrogens with two attached hydrogens (primary N) is 1. The minimum Gasteiger partial charge on any atom is -0.464 e. The van der Waals surface area contributed by atoms with Gasteiger partial charge < -0.3 is 9.32 Å². The van der Waals surface area contributed by atoms with Crippen LogP contribution in [0.5, 0.6) is 0 Å². The van der Waals surface area contributed by atoms with Gasteiger partial charge in [0.05, 0.1) is 17.6 Å². The van der Waals surface area contributed by atoms with Gasteiger partial charge in [-0.2, -0.15) is 0 Å². The highest BCUT2D eigenvalue weighted by Crippen LogP contribution is 2.34. The number of carbonyl (C=O) groups is 1. The molecule has 1 atom stereocenters. The smallest absolute Gasteiger partial charge is 0.259 e. The van der Waals surface area contributed by atoms with Gasteiger partial charge in [-0.3, -0.25) is 4.79 Å². The van der Waals surface area contributed by atoms with E-state index in [0.717, 1.165) is 40.1 Å². The van der Waals surface area contributed by atoms with Crippen molar-refractivity contribution in [3.63, 3.8) is 0 Å². The second-order valence-corrected chi connectivity index (χ2v) is 11.3. The van der Waals surface area contributed by atoms with Crippen LogP contribution in [0.1, 0.15) is 61.8 Å². The molecule has 0 radical (unpaired) electrons. The topological polar surface area (TPSA) is 88.9 Å². The van der Waals surface area contributed by atoms with E-state index in [-0.39, 0.29) is 18.3 Å². The molecular formula is C27H35N3O3S. The van der Waals surface area contributed by atoms with E-state index in [1.807, 2.05) is 43.3 Å². The van der Waals surface area contributed by atoms with Gasteiger partial charge in [-0.1, -0.05) is 39.8 Å². The Morgan fingerprint density at radius 3 is 2.09 bits per heavy atom. The van der Waals surface area contributed by atoms with Gasteiger partial charge >= 0.3 is 0 Å². The first kappa shape index (κ1) is 25.9. The molecule has 0 aliphatic heterocycles. The maximum absolute atomic E-state index is 13.1. The first-order valence-corrected chi connectivity index (χ1v) is 13.1. The van der Waals surface area contributed by atoms with Gasteiger partial charge in [0.15, 0.2) is 0 Å². The summed E-state index contributed by atoms with van der Waals surface area (Å²) in [4.78, 5) is 15.4. The fourth-order valence-corrected chi connectivity index (χ4v) is 5.08. The molecule has 6 nitrogen and oxygen atoms in total. The second kappa shape index (κ2) is 10.7. The molecule has 0 fully saturated rings. The summed E-state index contributed by atoms with van der Waals surface area (Å²) in [5, 5.41) is 6.05. The molecule has 1 unspecified atom stereocenters. The Hall–Kier alpha value is -2.74. The summed E-state index contributed by atoms with van der Waals surface area (Å²) in [6.45, 7) is 9.14. The van der Waals surface area contributed by atoms with Gasteiger partial charge in [-0.05, 0) is 84.6 Å². The van der Waals surface area contributed by atoms with E-state index in [1.54, 1.807) is 18.4 Å². The highest BCUT2D eigenvalue weighted by atomic mass is 32.2. The average molecular weight is 482 g/mol. The molecule has 0 saturated heterocycles. The summed E-state index contributed by atoms with van der Waals surface area (Å²) in [6.07, 6.45) is 1.70. The van der Waals surface area contributed by atoms with Crippen molar-refractivity contribution in [3.8, 4) is 11.3 Å². The third-order valence-electron chi connectivity index (χ3n) is 5.69. The number of carbonyl (C=O) groups excluding carboxylic acids is 1. The molecule has 0 saturated carbocycles. The van der Waals surface area contributed by atoms with Crippen molar-refractivity contribution in [3.05, 3.63) is 77.0 Å². The maximum Gasteiger partial charge on any atom is 0.259 e. The zero-order valence-corrected chi connectivity index (χ0v) is 21.7. The van der Waals surface area contributed by atoms with Crippen LogP contribution in [0.15, 0.2) is 68.5 Å². The molecule has 2 N–H and O–H groups in total. The normalized spacial score (nSPS) is 13.5. The number of nitrogens with zero attached hydrogens (tertiary/aromatic N) is 2. The molecule has 1 amide bonds. The van der Waals surface area contributed by atoms with Gasteiger partial charge in [0.1, 0.15) is 15.7 Å². The molecule has 3 rings (SSSR count). The lowest BCUT2D eigenvalue weighted by Gasteiger charge is -2.20. The molecule has 0 aliphatic carbocycles. The number of hydrogen-bond acceptors (Lipinski definition) is 4. The van der Waals surface area contributed by atoms with E-state index in [9.17, 15) is 9.00 Å². The van der Waals surface area contributed by atoms with Crippen LogP contribution in [0.2, 0.25) is 0 Å². The van der Waals surface area contributed by atoms with E-state index in [2.05, 4.69) is 44.2 Å². The zero-order valence-electron chi connectivity index (χ0n) is 20.9. The summed E-state index contributed by atoms with van der Waals surface area (Å²) < 4.78 is 22.7. The zero-order chi connectivity index (χ0) is 25.0. The third-order valence-corrected chi connectivity index (χ3v) is 7.12. The van der Waals surface area contributed by atoms with Crippen LogP contribution in [0.25, 0.3) is 11.3 Å². The molecule has 0 spiro atoms. The van der Waals surface area contributed by atoms with Crippen LogP contribution >= 0.6 is 0 Å². The largest absolute Gasteiger partial charge is 0.464 e. The number of hydrogen-bond donors (Lipinski definition) is 1. The molecule has 0 aliphatic rings. The van der Waals surface area contributed by atoms with Crippen molar-refractivity contribution in [1.29, 1.82) is 0 Å². The van der Waals surface area contributed by atoms with Crippen molar-refractivity contribution < 1.29 is 13.4 Å². The Kier molecular flexibility index (Phi) is 8.13. The van der Waals surface area contributed by atoms with Crippen LogP contribution in [-0.4, -0.2) is 29.1 Å². The molecule has 1 heterocycles.